The molecule has 144 valence electrons. The second-order valence-corrected chi connectivity index (χ2v) is 7.54. The molecule has 7 nitrogen and oxygen atoms in total. The van der Waals surface area contributed by atoms with E-state index in [1.807, 2.05) is 6.07 Å². The number of fused-ring (bicyclic) bond motifs is 2. The Bertz CT molecular complexity index is 1250. The summed E-state index contributed by atoms with van der Waals surface area (Å²) in [6.07, 6.45) is 3.34. The Morgan fingerprint density at radius 2 is 2.00 bits per heavy atom. The molecule has 1 aliphatic rings. The van der Waals surface area contributed by atoms with Crippen LogP contribution in [0.4, 0.5) is 8.78 Å². The third-order valence-electron chi connectivity index (χ3n) is 4.86. The summed E-state index contributed by atoms with van der Waals surface area (Å²) in [7, 11) is 0. The molecule has 0 bridgehead atoms. The summed E-state index contributed by atoms with van der Waals surface area (Å²) in [5.74, 6) is -1.33. The highest BCUT2D eigenvalue weighted by molar-refractivity contribution is 7.77. The quantitative estimate of drug-likeness (QED) is 0.501. The van der Waals surface area contributed by atoms with E-state index in [0.29, 0.717) is 17.0 Å². The molecule has 2 N–H and O–H groups in total. The number of rotatable bonds is 5. The number of halogens is 2. The van der Waals surface area contributed by atoms with Crippen LogP contribution in [0.2, 0.25) is 0 Å². The first-order chi connectivity index (χ1) is 13.5. The molecule has 0 aliphatic heterocycles. The van der Waals surface area contributed by atoms with Crippen LogP contribution >= 0.6 is 0 Å². The zero-order valence-corrected chi connectivity index (χ0v) is 15.3. The van der Waals surface area contributed by atoms with Gasteiger partial charge < -0.3 is 4.57 Å². The molecule has 2 aromatic heterocycles. The second kappa shape index (κ2) is 6.43. The number of hydrogen-bond acceptors (Lipinski definition) is 3. The maximum atomic E-state index is 14.5. The summed E-state index contributed by atoms with van der Waals surface area (Å²) in [6, 6.07) is 8.05. The highest BCUT2D eigenvalue weighted by Gasteiger charge is 2.31. The first kappa shape index (κ1) is 17.4. The molecule has 10 heteroatoms. The average Bonchev–Trinajstić information content (AvgIpc) is 3.31. The summed E-state index contributed by atoms with van der Waals surface area (Å²) in [4.78, 5) is 8.92. The monoisotopic (exact) mass is 403 g/mol. The first-order valence-electron chi connectivity index (χ1n) is 8.69. The molecule has 2 aromatic carbocycles. The van der Waals surface area contributed by atoms with Crippen LogP contribution in [0.1, 0.15) is 24.4 Å². The van der Waals surface area contributed by atoms with Crippen LogP contribution in [0.5, 0.6) is 0 Å². The van der Waals surface area contributed by atoms with E-state index in [0.717, 1.165) is 30.0 Å². The molecule has 1 saturated carbocycles. The maximum Gasteiger partial charge on any atom is 0.232 e. The highest BCUT2D eigenvalue weighted by atomic mass is 32.2. The number of aromatic nitrogens is 4. The van der Waals surface area contributed by atoms with Crippen molar-refractivity contribution in [3.63, 3.8) is 0 Å². The third-order valence-corrected chi connectivity index (χ3v) is 5.25. The van der Waals surface area contributed by atoms with Gasteiger partial charge in [0.05, 0.1) is 16.6 Å². The fourth-order valence-electron chi connectivity index (χ4n) is 3.43. The minimum absolute atomic E-state index is 0.0652. The lowest BCUT2D eigenvalue weighted by Gasteiger charge is -2.10. The van der Waals surface area contributed by atoms with Gasteiger partial charge in [0, 0.05) is 12.6 Å². The topological polar surface area (TPSA) is 85.0 Å². The normalized spacial score (nSPS) is 15.5. The van der Waals surface area contributed by atoms with Crippen molar-refractivity contribution in [2.24, 2.45) is 0 Å². The zero-order valence-electron chi connectivity index (χ0n) is 14.5. The van der Waals surface area contributed by atoms with Crippen LogP contribution in [0, 0.1) is 11.6 Å². The molecule has 28 heavy (non-hydrogen) atoms. The van der Waals surface area contributed by atoms with E-state index in [2.05, 4.69) is 14.7 Å². The van der Waals surface area contributed by atoms with Crippen molar-refractivity contribution in [2.45, 2.75) is 25.4 Å². The van der Waals surface area contributed by atoms with Crippen molar-refractivity contribution in [1.82, 2.24) is 23.8 Å². The minimum atomic E-state index is -2.11. The van der Waals surface area contributed by atoms with Crippen LogP contribution < -0.4 is 4.72 Å². The molecule has 1 fully saturated rings. The summed E-state index contributed by atoms with van der Waals surface area (Å²) in [5, 5.41) is 0. The van der Waals surface area contributed by atoms with E-state index in [1.54, 1.807) is 27.6 Å². The Kier molecular flexibility index (Phi) is 4.00. The van der Waals surface area contributed by atoms with Gasteiger partial charge in [-0.1, -0.05) is 6.07 Å². The number of nitrogens with zero attached hydrogens (tertiary/aromatic N) is 4. The third kappa shape index (κ3) is 2.81. The molecule has 1 unspecified atom stereocenters. The van der Waals surface area contributed by atoms with Gasteiger partial charge in [-0.15, -0.1) is 0 Å². The molecular weight excluding hydrogens is 388 g/mol. The summed E-state index contributed by atoms with van der Waals surface area (Å²) < 4.78 is 54.1. The standard InChI is InChI=1S/C18H15F2N5O2S/c19-12-4-6-14-17(16(12)20)25(11-2-3-11)18(23-14)24-9-21-13-5-1-10(7-15(13)24)8-22-28(26)27/h1,4-7,9,11,22H,2-3,8H2,(H,26,27). The molecule has 2 heterocycles. The molecule has 5 rings (SSSR count). The van der Waals surface area contributed by atoms with Crippen molar-refractivity contribution in [2.75, 3.05) is 0 Å². The number of nitrogens with one attached hydrogen (secondary N) is 1. The first-order valence-corrected chi connectivity index (χ1v) is 9.80. The van der Waals surface area contributed by atoms with E-state index in [9.17, 15) is 13.0 Å². The Morgan fingerprint density at radius 1 is 1.21 bits per heavy atom. The van der Waals surface area contributed by atoms with Crippen LogP contribution in [-0.2, 0) is 17.8 Å². The second-order valence-electron chi connectivity index (χ2n) is 6.75. The van der Waals surface area contributed by atoms with Crippen molar-refractivity contribution in [3.8, 4) is 5.95 Å². The molecule has 1 aliphatic carbocycles. The number of imidazole rings is 2. The van der Waals surface area contributed by atoms with Crippen molar-refractivity contribution < 1.29 is 17.5 Å². The van der Waals surface area contributed by atoms with Gasteiger partial charge in [-0.05, 0) is 42.7 Å². The average molecular weight is 403 g/mol. The fourth-order valence-corrected chi connectivity index (χ4v) is 3.72. The Labute approximate surface area is 160 Å². The maximum absolute atomic E-state index is 14.5. The lowest BCUT2D eigenvalue weighted by atomic mass is 10.2. The van der Waals surface area contributed by atoms with E-state index in [-0.39, 0.29) is 18.1 Å². The predicted octanol–water partition coefficient (Wildman–Crippen LogP) is 3.21. The molecular formula is C18H15F2N5O2S. The van der Waals surface area contributed by atoms with Gasteiger partial charge >= 0.3 is 0 Å². The van der Waals surface area contributed by atoms with Gasteiger partial charge in [0.15, 0.2) is 11.6 Å². The van der Waals surface area contributed by atoms with Gasteiger partial charge in [-0.25, -0.2) is 27.7 Å². The molecule has 0 spiro atoms. The summed E-state index contributed by atoms with van der Waals surface area (Å²) >= 11 is -2.11. The van der Waals surface area contributed by atoms with Gasteiger partial charge in [0.2, 0.25) is 17.2 Å². The largest absolute Gasteiger partial charge is 0.304 e. The van der Waals surface area contributed by atoms with Crippen molar-refractivity contribution in [1.29, 1.82) is 0 Å². The molecule has 0 amide bonds. The molecule has 1 atom stereocenters. The predicted molar refractivity (Wildman–Crippen MR) is 100 cm³/mol. The Balaban J connectivity index is 1.71. The fraction of sp³-hybridized carbons (Fsp3) is 0.222. The van der Waals surface area contributed by atoms with Gasteiger partial charge in [0.25, 0.3) is 0 Å². The SMILES string of the molecule is O=S(O)NCc1ccc2ncn(-c3nc4ccc(F)c(F)c4n3C3CC3)c2c1. The van der Waals surface area contributed by atoms with E-state index < -0.39 is 22.9 Å². The number of hydrogen-bond donors (Lipinski definition) is 2. The zero-order chi connectivity index (χ0) is 19.4. The molecule has 0 radical (unpaired) electrons. The van der Waals surface area contributed by atoms with Crippen LogP contribution in [-0.4, -0.2) is 27.9 Å². The Hall–Kier alpha value is -2.69. The smallest absolute Gasteiger partial charge is 0.232 e. The molecule has 0 saturated heterocycles. The van der Waals surface area contributed by atoms with Gasteiger partial charge in [0.1, 0.15) is 11.8 Å². The lowest BCUT2D eigenvalue weighted by Crippen LogP contribution is -2.15. The van der Waals surface area contributed by atoms with Crippen LogP contribution in [0.15, 0.2) is 36.7 Å². The van der Waals surface area contributed by atoms with Crippen molar-refractivity contribution >= 4 is 33.3 Å². The Morgan fingerprint density at radius 3 is 2.75 bits per heavy atom. The summed E-state index contributed by atoms with van der Waals surface area (Å²) in [5.41, 5.74) is 2.75. The van der Waals surface area contributed by atoms with E-state index in [4.69, 9.17) is 4.55 Å². The number of benzene rings is 2. The lowest BCUT2D eigenvalue weighted by molar-refractivity contribution is 0.511. The van der Waals surface area contributed by atoms with E-state index >= 15 is 0 Å². The summed E-state index contributed by atoms with van der Waals surface area (Å²) in [6.45, 7) is 0.198. The van der Waals surface area contributed by atoms with Gasteiger partial charge in [-0.2, -0.15) is 0 Å². The van der Waals surface area contributed by atoms with Crippen LogP contribution in [0.25, 0.3) is 28.0 Å². The van der Waals surface area contributed by atoms with Crippen LogP contribution in [0.3, 0.4) is 0 Å². The molecule has 4 aromatic rings. The van der Waals surface area contributed by atoms with E-state index in [1.165, 1.54) is 6.07 Å². The highest BCUT2D eigenvalue weighted by Crippen LogP contribution is 2.41. The minimum Gasteiger partial charge on any atom is -0.304 e. The van der Waals surface area contributed by atoms with Gasteiger partial charge in [-0.3, -0.25) is 9.12 Å². The van der Waals surface area contributed by atoms with Crippen molar-refractivity contribution in [3.05, 3.63) is 53.9 Å².